The molecule has 0 heterocycles. The van der Waals surface area contributed by atoms with Crippen LogP contribution in [-0.4, -0.2) is 38.4 Å². The number of carbonyl (C=O) groups is 1. The number of amides is 2. The summed E-state index contributed by atoms with van der Waals surface area (Å²) in [5.41, 5.74) is -2.22. The monoisotopic (exact) mass is 580 g/mol. The zero-order chi connectivity index (χ0) is 29.7. The third kappa shape index (κ3) is 7.51. The largest absolute Gasteiger partial charge is 0.494 e. The SMILES string of the molecule is COc1cc([C@@](Cc2ccccc2)(NC(=O)NCC(F)(F)F)c2cc(F)cc(OC(F)(F)C(F)F)c2)ccc1F. The number of methoxy groups -OCH3 is 1. The molecule has 40 heavy (non-hydrogen) atoms. The molecular formula is C26H21F9N2O3. The molecule has 3 aromatic carbocycles. The summed E-state index contributed by atoms with van der Waals surface area (Å²) in [6.07, 6.45) is -14.5. The van der Waals surface area contributed by atoms with Gasteiger partial charge in [-0.3, -0.25) is 0 Å². The lowest BCUT2D eigenvalue weighted by Crippen LogP contribution is -2.53. The van der Waals surface area contributed by atoms with Crippen LogP contribution in [0, 0.1) is 11.6 Å². The van der Waals surface area contributed by atoms with Gasteiger partial charge in [-0.2, -0.15) is 30.7 Å². The summed E-state index contributed by atoms with van der Waals surface area (Å²) >= 11 is 0. The van der Waals surface area contributed by atoms with E-state index in [1.54, 1.807) is 23.5 Å². The molecule has 0 spiro atoms. The molecule has 0 radical (unpaired) electrons. The lowest BCUT2D eigenvalue weighted by Gasteiger charge is -2.37. The molecule has 1 atom stereocenters. The number of halogens is 9. The first-order valence-corrected chi connectivity index (χ1v) is 11.3. The highest BCUT2D eigenvalue weighted by atomic mass is 19.4. The van der Waals surface area contributed by atoms with Crippen molar-refractivity contribution in [1.29, 1.82) is 0 Å². The number of hydrogen-bond donors (Lipinski definition) is 2. The van der Waals surface area contributed by atoms with Crippen molar-refractivity contribution in [3.63, 3.8) is 0 Å². The van der Waals surface area contributed by atoms with Crippen molar-refractivity contribution in [2.24, 2.45) is 0 Å². The van der Waals surface area contributed by atoms with Gasteiger partial charge in [0.2, 0.25) is 0 Å². The van der Waals surface area contributed by atoms with Crippen LogP contribution in [0.25, 0.3) is 0 Å². The molecule has 0 aromatic heterocycles. The van der Waals surface area contributed by atoms with E-state index in [2.05, 4.69) is 10.1 Å². The molecule has 0 aliphatic heterocycles. The number of ether oxygens (including phenoxy) is 2. The number of alkyl halides is 7. The van der Waals surface area contributed by atoms with Gasteiger partial charge in [-0.05, 0) is 41.0 Å². The number of carbonyl (C=O) groups excluding carboxylic acids is 1. The Balaban J connectivity index is 2.28. The first kappa shape index (κ1) is 30.4. The first-order chi connectivity index (χ1) is 18.6. The summed E-state index contributed by atoms with van der Waals surface area (Å²) in [5, 5.41) is 3.91. The highest BCUT2D eigenvalue weighted by Gasteiger charge is 2.45. The Kier molecular flexibility index (Phi) is 9.10. The summed E-state index contributed by atoms with van der Waals surface area (Å²) < 4.78 is 129. The minimum atomic E-state index is -5.04. The highest BCUT2D eigenvalue weighted by molar-refractivity contribution is 5.76. The number of nitrogens with one attached hydrogen (secondary N) is 2. The van der Waals surface area contributed by atoms with Gasteiger partial charge in [-0.25, -0.2) is 13.6 Å². The minimum absolute atomic E-state index is 0.0890. The molecule has 0 aliphatic rings. The maximum absolute atomic E-state index is 14.8. The van der Waals surface area contributed by atoms with Gasteiger partial charge in [0.15, 0.2) is 11.6 Å². The average molecular weight is 580 g/mol. The summed E-state index contributed by atoms with van der Waals surface area (Å²) in [7, 11) is 1.10. The van der Waals surface area contributed by atoms with E-state index in [0.717, 1.165) is 31.4 Å². The lowest BCUT2D eigenvalue weighted by molar-refractivity contribution is -0.253. The summed E-state index contributed by atoms with van der Waals surface area (Å²) in [5.74, 6) is -3.61. The number of rotatable bonds is 10. The Morgan fingerprint density at radius 1 is 0.900 bits per heavy atom. The van der Waals surface area contributed by atoms with E-state index < -0.39 is 59.8 Å². The Bertz CT molecular complexity index is 1320. The van der Waals surface area contributed by atoms with E-state index in [-0.39, 0.29) is 17.7 Å². The van der Waals surface area contributed by atoms with Crippen LogP contribution in [-0.2, 0) is 12.0 Å². The fourth-order valence-corrected chi connectivity index (χ4v) is 3.87. The van der Waals surface area contributed by atoms with Crippen LogP contribution in [0.2, 0.25) is 0 Å². The topological polar surface area (TPSA) is 59.6 Å². The van der Waals surface area contributed by atoms with E-state index in [9.17, 15) is 44.3 Å². The van der Waals surface area contributed by atoms with Gasteiger partial charge in [0, 0.05) is 12.5 Å². The first-order valence-electron chi connectivity index (χ1n) is 11.3. The molecule has 0 fully saturated rings. The van der Waals surface area contributed by atoms with Crippen LogP contribution in [0.15, 0.2) is 66.7 Å². The summed E-state index contributed by atoms with van der Waals surface area (Å²) in [4.78, 5) is 12.8. The molecular weight excluding hydrogens is 559 g/mol. The third-order valence-electron chi connectivity index (χ3n) is 5.60. The van der Waals surface area contributed by atoms with Crippen molar-refractivity contribution in [3.05, 3.63) is 95.1 Å². The van der Waals surface area contributed by atoms with Crippen LogP contribution >= 0.6 is 0 Å². The molecule has 2 amide bonds. The lowest BCUT2D eigenvalue weighted by atomic mass is 9.77. The molecule has 0 aliphatic carbocycles. The fourth-order valence-electron chi connectivity index (χ4n) is 3.87. The number of benzene rings is 3. The summed E-state index contributed by atoms with van der Waals surface area (Å²) in [6, 6.07) is 11.3. The Hall–Kier alpha value is -4.10. The zero-order valence-corrected chi connectivity index (χ0v) is 20.5. The van der Waals surface area contributed by atoms with Gasteiger partial charge < -0.3 is 20.1 Å². The average Bonchev–Trinajstić information content (AvgIpc) is 2.87. The van der Waals surface area contributed by atoms with E-state index in [1.807, 2.05) is 0 Å². The highest BCUT2D eigenvalue weighted by Crippen LogP contribution is 2.39. The second kappa shape index (κ2) is 12.0. The Morgan fingerprint density at radius 3 is 2.17 bits per heavy atom. The molecule has 3 rings (SSSR count). The fraction of sp³-hybridized carbons (Fsp3) is 0.269. The van der Waals surface area contributed by atoms with Gasteiger partial charge in [0.05, 0.1) is 12.6 Å². The summed E-state index contributed by atoms with van der Waals surface area (Å²) in [6.45, 7) is -1.77. The Labute approximate surface area is 221 Å². The molecule has 0 bridgehead atoms. The standard InChI is InChI=1S/C26H21F9N2O3/c1-39-21-11-16(7-8-20(21)28)24(13-15-5-3-2-4-6-15,37-23(38)36-14-25(31,32)33)17-9-18(27)12-19(10-17)40-26(34,35)22(29)30/h2-12,22H,13-14H2,1H3,(H2,36,37,38)/t24-/m1/s1. The molecule has 0 saturated heterocycles. The van der Waals surface area contributed by atoms with Crippen molar-refractivity contribution in [3.8, 4) is 11.5 Å². The van der Waals surface area contributed by atoms with E-state index in [4.69, 9.17) is 4.74 Å². The second-order valence-electron chi connectivity index (χ2n) is 8.48. The van der Waals surface area contributed by atoms with Crippen LogP contribution in [0.3, 0.4) is 0 Å². The molecule has 216 valence electrons. The molecule has 14 heteroatoms. The maximum Gasteiger partial charge on any atom is 0.461 e. The van der Waals surface area contributed by atoms with Gasteiger partial charge in [-0.15, -0.1) is 0 Å². The van der Waals surface area contributed by atoms with Crippen LogP contribution < -0.4 is 20.1 Å². The number of urea groups is 1. The van der Waals surface area contributed by atoms with Crippen LogP contribution in [0.4, 0.5) is 44.3 Å². The minimum Gasteiger partial charge on any atom is -0.494 e. The molecule has 5 nitrogen and oxygen atoms in total. The van der Waals surface area contributed by atoms with Gasteiger partial charge >= 0.3 is 24.7 Å². The van der Waals surface area contributed by atoms with Crippen molar-refractivity contribution < 1.29 is 53.8 Å². The van der Waals surface area contributed by atoms with Crippen LogP contribution in [0.1, 0.15) is 16.7 Å². The van der Waals surface area contributed by atoms with Gasteiger partial charge in [0.1, 0.15) is 18.1 Å². The van der Waals surface area contributed by atoms with Crippen molar-refractivity contribution in [1.82, 2.24) is 10.6 Å². The second-order valence-corrected chi connectivity index (χ2v) is 8.48. The quantitative estimate of drug-likeness (QED) is 0.267. The van der Waals surface area contributed by atoms with Gasteiger partial charge in [-0.1, -0.05) is 36.4 Å². The van der Waals surface area contributed by atoms with Crippen molar-refractivity contribution in [2.75, 3.05) is 13.7 Å². The Morgan fingerprint density at radius 2 is 1.57 bits per heavy atom. The normalized spacial score (nSPS) is 13.5. The third-order valence-corrected chi connectivity index (χ3v) is 5.60. The molecule has 3 aromatic rings. The van der Waals surface area contributed by atoms with E-state index >= 15 is 0 Å². The number of hydrogen-bond acceptors (Lipinski definition) is 3. The van der Waals surface area contributed by atoms with Crippen LogP contribution in [0.5, 0.6) is 11.5 Å². The molecule has 0 unspecified atom stereocenters. The van der Waals surface area contributed by atoms with E-state index in [0.29, 0.717) is 17.7 Å². The predicted octanol–water partition coefficient (Wildman–Crippen LogP) is 6.56. The predicted molar refractivity (Wildman–Crippen MR) is 124 cm³/mol. The smallest absolute Gasteiger partial charge is 0.461 e. The molecule has 2 N–H and O–H groups in total. The van der Waals surface area contributed by atoms with Crippen molar-refractivity contribution >= 4 is 6.03 Å². The zero-order valence-electron chi connectivity index (χ0n) is 20.5. The molecule has 0 saturated carbocycles. The maximum atomic E-state index is 14.8. The van der Waals surface area contributed by atoms with Crippen molar-refractivity contribution in [2.45, 2.75) is 30.7 Å². The van der Waals surface area contributed by atoms with E-state index in [1.165, 1.54) is 12.1 Å². The van der Waals surface area contributed by atoms with Gasteiger partial charge in [0.25, 0.3) is 0 Å².